The van der Waals surface area contributed by atoms with Crippen LogP contribution >= 0.6 is 23.6 Å². The van der Waals surface area contributed by atoms with Crippen molar-refractivity contribution >= 4 is 45.5 Å². The predicted octanol–water partition coefficient (Wildman–Crippen LogP) is 3.12. The molecule has 126 valence electrons. The molecule has 5 nitrogen and oxygen atoms in total. The van der Waals surface area contributed by atoms with Crippen molar-refractivity contribution in [2.45, 2.75) is 58.3 Å². The van der Waals surface area contributed by atoms with Gasteiger partial charge in [-0.05, 0) is 49.9 Å². The number of hydrogen-bond donors (Lipinski definition) is 3. The van der Waals surface area contributed by atoms with Gasteiger partial charge in [0.15, 0.2) is 5.11 Å². The Hall–Kier alpha value is -1.47. The summed E-state index contributed by atoms with van der Waals surface area (Å²) in [5, 5.41) is 6.54. The minimum absolute atomic E-state index is 0.108. The molecule has 0 atom stereocenters. The number of carbonyl (C=O) groups is 2. The second kappa shape index (κ2) is 8.40. The largest absolute Gasteiger partial charge is 0.365 e. The van der Waals surface area contributed by atoms with Gasteiger partial charge in [-0.1, -0.05) is 19.8 Å². The summed E-state index contributed by atoms with van der Waals surface area (Å²) in [6.07, 6.45) is 7.45. The monoisotopic (exact) mass is 353 g/mol. The standard InChI is InChI=1S/C16H23N3O2S2/c1-2-3-9-12(20)18-16(22)19-15-13(14(17)21)10-7-5-4-6-8-11(10)23-15/h2-9H2,1H3,(H2,17,21)(H2,18,19,20,22). The van der Waals surface area contributed by atoms with Crippen LogP contribution in [0, 0.1) is 0 Å². The SMILES string of the molecule is CCCCC(=O)NC(=S)Nc1sc2c(c1C(N)=O)CCCCC2. The molecule has 1 heterocycles. The summed E-state index contributed by atoms with van der Waals surface area (Å²) in [5.41, 5.74) is 7.17. The van der Waals surface area contributed by atoms with Crippen molar-refractivity contribution in [1.82, 2.24) is 5.32 Å². The normalized spacial score (nSPS) is 13.8. The Morgan fingerprint density at radius 3 is 2.70 bits per heavy atom. The molecule has 2 rings (SSSR count). The second-order valence-electron chi connectivity index (χ2n) is 5.74. The van der Waals surface area contributed by atoms with E-state index in [2.05, 4.69) is 10.6 Å². The number of nitrogens with one attached hydrogen (secondary N) is 2. The molecule has 0 bridgehead atoms. The van der Waals surface area contributed by atoms with Crippen molar-refractivity contribution < 1.29 is 9.59 Å². The van der Waals surface area contributed by atoms with Gasteiger partial charge in [0.05, 0.1) is 5.56 Å². The van der Waals surface area contributed by atoms with Crippen LogP contribution in [-0.4, -0.2) is 16.9 Å². The first-order chi connectivity index (χ1) is 11.0. The molecule has 0 aliphatic heterocycles. The fraction of sp³-hybridized carbons (Fsp3) is 0.562. The Balaban J connectivity index is 2.11. The number of rotatable bonds is 5. The van der Waals surface area contributed by atoms with E-state index in [4.69, 9.17) is 18.0 Å². The van der Waals surface area contributed by atoms with Crippen LogP contribution in [0.3, 0.4) is 0 Å². The van der Waals surface area contributed by atoms with Gasteiger partial charge in [-0.3, -0.25) is 9.59 Å². The average molecular weight is 354 g/mol. The number of aryl methyl sites for hydroxylation is 1. The molecule has 23 heavy (non-hydrogen) atoms. The number of thiophene rings is 1. The third-order valence-electron chi connectivity index (χ3n) is 3.91. The molecular weight excluding hydrogens is 330 g/mol. The van der Waals surface area contributed by atoms with Gasteiger partial charge in [0.2, 0.25) is 5.91 Å². The van der Waals surface area contributed by atoms with Crippen molar-refractivity contribution in [3.63, 3.8) is 0 Å². The molecular formula is C16H23N3O2S2. The number of anilines is 1. The average Bonchev–Trinajstić information content (AvgIpc) is 2.66. The number of fused-ring (bicyclic) bond motifs is 1. The number of carbonyl (C=O) groups excluding carboxylic acids is 2. The molecule has 1 aliphatic rings. The Bertz CT molecular complexity index is 611. The van der Waals surface area contributed by atoms with Crippen molar-refractivity contribution in [2.75, 3.05) is 5.32 Å². The lowest BCUT2D eigenvalue weighted by molar-refractivity contribution is -0.119. The fourth-order valence-electron chi connectivity index (χ4n) is 2.75. The first-order valence-corrected chi connectivity index (χ1v) is 9.30. The number of hydrogen-bond acceptors (Lipinski definition) is 4. The third-order valence-corrected chi connectivity index (χ3v) is 5.32. The molecule has 1 aliphatic carbocycles. The van der Waals surface area contributed by atoms with E-state index in [0.29, 0.717) is 17.0 Å². The van der Waals surface area contributed by atoms with Crippen LogP contribution in [-0.2, 0) is 17.6 Å². The van der Waals surface area contributed by atoms with Crippen molar-refractivity contribution in [2.24, 2.45) is 5.73 Å². The lowest BCUT2D eigenvalue weighted by Crippen LogP contribution is -2.34. The number of thiocarbonyl (C=S) groups is 1. The smallest absolute Gasteiger partial charge is 0.251 e. The van der Waals surface area contributed by atoms with E-state index in [9.17, 15) is 9.59 Å². The number of amides is 2. The summed E-state index contributed by atoms with van der Waals surface area (Å²) in [6.45, 7) is 2.03. The maximum Gasteiger partial charge on any atom is 0.251 e. The predicted molar refractivity (Wildman–Crippen MR) is 98.0 cm³/mol. The summed E-state index contributed by atoms with van der Waals surface area (Å²) < 4.78 is 0. The molecule has 0 saturated carbocycles. The Morgan fingerprint density at radius 2 is 2.00 bits per heavy atom. The van der Waals surface area contributed by atoms with Crippen LogP contribution in [0.5, 0.6) is 0 Å². The van der Waals surface area contributed by atoms with Crippen LogP contribution < -0.4 is 16.4 Å². The highest BCUT2D eigenvalue weighted by Gasteiger charge is 2.23. The zero-order valence-corrected chi connectivity index (χ0v) is 15.0. The Kier molecular flexibility index (Phi) is 6.53. The van der Waals surface area contributed by atoms with E-state index in [-0.39, 0.29) is 11.0 Å². The fourth-order valence-corrected chi connectivity index (χ4v) is 4.33. The summed E-state index contributed by atoms with van der Waals surface area (Å²) in [7, 11) is 0. The summed E-state index contributed by atoms with van der Waals surface area (Å²) in [4.78, 5) is 24.8. The molecule has 2 amide bonds. The van der Waals surface area contributed by atoms with Gasteiger partial charge in [-0.15, -0.1) is 11.3 Å². The zero-order valence-electron chi connectivity index (χ0n) is 13.4. The van der Waals surface area contributed by atoms with E-state index in [1.54, 1.807) is 0 Å². The van der Waals surface area contributed by atoms with Crippen molar-refractivity contribution in [1.29, 1.82) is 0 Å². The van der Waals surface area contributed by atoms with Crippen LogP contribution in [0.15, 0.2) is 0 Å². The molecule has 1 aromatic rings. The van der Waals surface area contributed by atoms with Crippen LogP contribution in [0.25, 0.3) is 0 Å². The van der Waals surface area contributed by atoms with E-state index in [1.807, 2.05) is 6.92 Å². The van der Waals surface area contributed by atoms with Crippen LogP contribution in [0.4, 0.5) is 5.00 Å². The summed E-state index contributed by atoms with van der Waals surface area (Å²) in [6, 6.07) is 0. The molecule has 0 fully saturated rings. The second-order valence-corrected chi connectivity index (χ2v) is 7.25. The van der Waals surface area contributed by atoms with Crippen molar-refractivity contribution in [3.05, 3.63) is 16.0 Å². The molecule has 4 N–H and O–H groups in total. The van der Waals surface area contributed by atoms with Crippen LogP contribution in [0.1, 0.15) is 66.2 Å². The molecule has 0 unspecified atom stereocenters. The third kappa shape index (κ3) is 4.75. The van der Waals surface area contributed by atoms with Crippen LogP contribution in [0.2, 0.25) is 0 Å². The van der Waals surface area contributed by atoms with Crippen molar-refractivity contribution in [3.8, 4) is 0 Å². The molecule has 0 aromatic carbocycles. The van der Waals surface area contributed by atoms with E-state index in [1.165, 1.54) is 22.6 Å². The number of primary amides is 1. The Labute approximate surface area is 146 Å². The van der Waals surface area contributed by atoms with Gasteiger partial charge in [0, 0.05) is 11.3 Å². The van der Waals surface area contributed by atoms with Gasteiger partial charge >= 0.3 is 0 Å². The minimum atomic E-state index is -0.438. The minimum Gasteiger partial charge on any atom is -0.365 e. The number of unbranched alkanes of at least 4 members (excludes halogenated alkanes) is 1. The highest BCUT2D eigenvalue weighted by atomic mass is 32.1. The molecule has 0 spiro atoms. The maximum absolute atomic E-state index is 11.9. The van der Waals surface area contributed by atoms with Gasteiger partial charge in [0.1, 0.15) is 5.00 Å². The van der Waals surface area contributed by atoms with Gasteiger partial charge < -0.3 is 16.4 Å². The summed E-state index contributed by atoms with van der Waals surface area (Å²) in [5.74, 6) is -0.546. The molecule has 1 aromatic heterocycles. The molecule has 0 saturated heterocycles. The first-order valence-electron chi connectivity index (χ1n) is 8.08. The topological polar surface area (TPSA) is 84.2 Å². The Morgan fingerprint density at radius 1 is 1.26 bits per heavy atom. The molecule has 7 heteroatoms. The molecule has 0 radical (unpaired) electrons. The van der Waals surface area contributed by atoms with Gasteiger partial charge in [-0.2, -0.15) is 0 Å². The summed E-state index contributed by atoms with van der Waals surface area (Å²) >= 11 is 6.71. The van der Waals surface area contributed by atoms with E-state index in [0.717, 1.165) is 44.1 Å². The zero-order chi connectivity index (χ0) is 16.8. The number of nitrogens with two attached hydrogens (primary N) is 1. The highest BCUT2D eigenvalue weighted by molar-refractivity contribution is 7.80. The quantitative estimate of drug-likeness (QED) is 0.561. The maximum atomic E-state index is 11.9. The van der Waals surface area contributed by atoms with Gasteiger partial charge in [0.25, 0.3) is 5.91 Å². The first kappa shape index (κ1) is 17.9. The highest BCUT2D eigenvalue weighted by Crippen LogP contribution is 2.37. The lowest BCUT2D eigenvalue weighted by atomic mass is 10.1. The van der Waals surface area contributed by atoms with E-state index < -0.39 is 5.91 Å². The lowest BCUT2D eigenvalue weighted by Gasteiger charge is -2.09. The van der Waals surface area contributed by atoms with E-state index >= 15 is 0 Å². The van der Waals surface area contributed by atoms with Gasteiger partial charge in [-0.25, -0.2) is 0 Å².